The Kier molecular flexibility index (Phi) is 5.21. The number of hydrogen-bond acceptors (Lipinski definition) is 3. The summed E-state index contributed by atoms with van der Waals surface area (Å²) in [5.74, 6) is 0. The topological polar surface area (TPSA) is 38.8 Å². The van der Waals surface area contributed by atoms with Crippen LogP contribution in [0.5, 0.6) is 0 Å². The van der Waals surface area contributed by atoms with Gasteiger partial charge in [0.15, 0.2) is 0 Å². The van der Waals surface area contributed by atoms with Crippen molar-refractivity contribution in [1.82, 2.24) is 4.90 Å². The smallest absolute Gasteiger partial charge is 0.410 e. The SMILES string of the molecule is CC(C)(C)OC(=O)N1[C@@H]2CC[C@H]1CC(OCc1ccccc1Br)C2. The van der Waals surface area contributed by atoms with Gasteiger partial charge in [-0.3, -0.25) is 0 Å². The highest BCUT2D eigenvalue weighted by atomic mass is 79.9. The molecule has 0 aliphatic carbocycles. The first kappa shape index (κ1) is 17.7. The van der Waals surface area contributed by atoms with E-state index < -0.39 is 5.60 Å². The van der Waals surface area contributed by atoms with Crippen LogP contribution in [-0.4, -0.2) is 34.8 Å². The van der Waals surface area contributed by atoms with Crippen LogP contribution >= 0.6 is 15.9 Å². The van der Waals surface area contributed by atoms with Crippen LogP contribution in [0.3, 0.4) is 0 Å². The van der Waals surface area contributed by atoms with Gasteiger partial charge >= 0.3 is 6.09 Å². The van der Waals surface area contributed by atoms with E-state index in [1.165, 1.54) is 5.56 Å². The van der Waals surface area contributed by atoms with Gasteiger partial charge in [-0.15, -0.1) is 0 Å². The van der Waals surface area contributed by atoms with Crippen molar-refractivity contribution in [2.45, 2.75) is 76.9 Å². The van der Waals surface area contributed by atoms with E-state index in [4.69, 9.17) is 9.47 Å². The van der Waals surface area contributed by atoms with Crippen molar-refractivity contribution in [3.63, 3.8) is 0 Å². The van der Waals surface area contributed by atoms with Gasteiger partial charge in [-0.25, -0.2) is 4.79 Å². The maximum absolute atomic E-state index is 12.5. The highest BCUT2D eigenvalue weighted by molar-refractivity contribution is 9.10. The van der Waals surface area contributed by atoms with E-state index in [0.29, 0.717) is 6.61 Å². The number of hydrogen-bond donors (Lipinski definition) is 0. The van der Waals surface area contributed by atoms with E-state index in [-0.39, 0.29) is 24.3 Å². The Morgan fingerprint density at radius 3 is 2.42 bits per heavy atom. The molecule has 2 aliphatic heterocycles. The summed E-state index contributed by atoms with van der Waals surface area (Å²) in [7, 11) is 0. The molecule has 1 aromatic rings. The molecule has 2 fully saturated rings. The number of carbonyl (C=O) groups excluding carboxylic acids is 1. The minimum absolute atomic E-state index is 0.167. The molecule has 0 N–H and O–H groups in total. The van der Waals surface area contributed by atoms with Gasteiger partial charge in [0.25, 0.3) is 0 Å². The van der Waals surface area contributed by atoms with Crippen molar-refractivity contribution in [3.8, 4) is 0 Å². The molecular formula is C19H26BrNO3. The molecule has 1 amide bonds. The van der Waals surface area contributed by atoms with E-state index in [1.807, 2.05) is 43.9 Å². The highest BCUT2D eigenvalue weighted by Gasteiger charge is 2.45. The standard InChI is InChI=1S/C19H26BrNO3/c1-19(2,3)24-18(22)21-14-8-9-15(21)11-16(10-14)23-12-13-6-4-5-7-17(13)20/h4-7,14-16H,8-12H2,1-3H3/t14-,15+,16?. The highest BCUT2D eigenvalue weighted by Crippen LogP contribution is 2.38. The van der Waals surface area contributed by atoms with Crippen LogP contribution in [-0.2, 0) is 16.1 Å². The predicted octanol–water partition coefficient (Wildman–Crippen LogP) is 4.90. The summed E-state index contributed by atoms with van der Waals surface area (Å²) in [5, 5.41) is 0. The van der Waals surface area contributed by atoms with Gasteiger partial charge in [0.2, 0.25) is 0 Å². The Balaban J connectivity index is 1.57. The van der Waals surface area contributed by atoms with Crippen molar-refractivity contribution >= 4 is 22.0 Å². The number of nitrogens with zero attached hydrogens (tertiary/aromatic N) is 1. The lowest BCUT2D eigenvalue weighted by Crippen LogP contribution is -2.50. The largest absolute Gasteiger partial charge is 0.444 e. The molecule has 4 nitrogen and oxygen atoms in total. The number of ether oxygens (including phenoxy) is 2. The molecule has 2 bridgehead atoms. The molecule has 2 heterocycles. The van der Waals surface area contributed by atoms with E-state index in [2.05, 4.69) is 22.0 Å². The lowest BCUT2D eigenvalue weighted by molar-refractivity contribution is -0.0397. The summed E-state index contributed by atoms with van der Waals surface area (Å²) in [4.78, 5) is 14.4. The molecule has 0 spiro atoms. The summed E-state index contributed by atoms with van der Waals surface area (Å²) < 4.78 is 12.8. The zero-order valence-electron chi connectivity index (χ0n) is 14.6. The number of amides is 1. The van der Waals surface area contributed by atoms with Crippen LogP contribution in [0.4, 0.5) is 4.79 Å². The number of rotatable bonds is 3. The van der Waals surface area contributed by atoms with Crippen LogP contribution in [0, 0.1) is 0 Å². The molecule has 0 radical (unpaired) electrons. The normalized spacial score (nSPS) is 26.5. The Morgan fingerprint density at radius 1 is 1.21 bits per heavy atom. The number of piperidine rings is 1. The molecule has 2 aliphatic rings. The van der Waals surface area contributed by atoms with Crippen LogP contribution in [0.15, 0.2) is 28.7 Å². The Labute approximate surface area is 152 Å². The molecule has 0 saturated carbocycles. The van der Waals surface area contributed by atoms with Gasteiger partial charge in [0.1, 0.15) is 5.60 Å². The zero-order valence-corrected chi connectivity index (χ0v) is 16.2. The predicted molar refractivity (Wildman–Crippen MR) is 96.8 cm³/mol. The van der Waals surface area contributed by atoms with Gasteiger partial charge in [-0.1, -0.05) is 34.1 Å². The quantitative estimate of drug-likeness (QED) is 0.730. The van der Waals surface area contributed by atoms with Crippen molar-refractivity contribution < 1.29 is 14.3 Å². The number of halogens is 1. The molecule has 0 aromatic heterocycles. The van der Waals surface area contributed by atoms with Crippen LogP contribution in [0.1, 0.15) is 52.0 Å². The number of fused-ring (bicyclic) bond motifs is 2. The summed E-state index contributed by atoms with van der Waals surface area (Å²) in [5.41, 5.74) is 0.725. The van der Waals surface area contributed by atoms with Gasteiger partial charge in [0, 0.05) is 16.6 Å². The minimum atomic E-state index is -0.441. The third-order valence-electron chi connectivity index (χ3n) is 4.73. The van der Waals surface area contributed by atoms with E-state index in [1.54, 1.807) is 0 Å². The molecule has 24 heavy (non-hydrogen) atoms. The van der Waals surface area contributed by atoms with E-state index >= 15 is 0 Å². The van der Waals surface area contributed by atoms with Crippen molar-refractivity contribution in [3.05, 3.63) is 34.3 Å². The summed E-state index contributed by atoms with van der Waals surface area (Å²) in [6.07, 6.45) is 3.96. The summed E-state index contributed by atoms with van der Waals surface area (Å²) >= 11 is 3.56. The fourth-order valence-electron chi connectivity index (χ4n) is 3.70. The Morgan fingerprint density at radius 2 is 1.83 bits per heavy atom. The first-order chi connectivity index (χ1) is 11.3. The molecule has 5 heteroatoms. The monoisotopic (exact) mass is 395 g/mol. The van der Waals surface area contributed by atoms with Gasteiger partial charge in [0.05, 0.1) is 12.7 Å². The number of benzene rings is 1. The molecule has 1 aromatic carbocycles. The Hall–Kier alpha value is -1.07. The summed E-state index contributed by atoms with van der Waals surface area (Å²) in [6.45, 7) is 6.36. The fourth-order valence-corrected chi connectivity index (χ4v) is 4.10. The second-order valence-corrected chi connectivity index (χ2v) is 8.62. The third kappa shape index (κ3) is 4.12. The van der Waals surface area contributed by atoms with Crippen LogP contribution < -0.4 is 0 Å². The van der Waals surface area contributed by atoms with Crippen LogP contribution in [0.25, 0.3) is 0 Å². The molecule has 132 valence electrons. The second kappa shape index (κ2) is 7.04. The molecule has 1 unspecified atom stereocenters. The lowest BCUT2D eigenvalue weighted by atomic mass is 10.00. The first-order valence-electron chi connectivity index (χ1n) is 8.70. The van der Waals surface area contributed by atoms with Crippen molar-refractivity contribution in [2.24, 2.45) is 0 Å². The average molecular weight is 396 g/mol. The first-order valence-corrected chi connectivity index (χ1v) is 9.49. The molecule has 3 atom stereocenters. The molecule has 3 rings (SSSR count). The van der Waals surface area contributed by atoms with Gasteiger partial charge in [-0.2, -0.15) is 0 Å². The minimum Gasteiger partial charge on any atom is -0.444 e. The summed E-state index contributed by atoms with van der Waals surface area (Å²) in [6, 6.07) is 8.65. The van der Waals surface area contributed by atoms with Gasteiger partial charge < -0.3 is 14.4 Å². The van der Waals surface area contributed by atoms with E-state index in [9.17, 15) is 4.79 Å². The van der Waals surface area contributed by atoms with Crippen molar-refractivity contribution in [1.29, 1.82) is 0 Å². The van der Waals surface area contributed by atoms with E-state index in [0.717, 1.165) is 30.2 Å². The zero-order chi connectivity index (χ0) is 17.3. The fraction of sp³-hybridized carbons (Fsp3) is 0.632. The van der Waals surface area contributed by atoms with Crippen LogP contribution in [0.2, 0.25) is 0 Å². The molecule has 2 saturated heterocycles. The average Bonchev–Trinajstić information content (AvgIpc) is 2.76. The Bertz CT molecular complexity index is 585. The maximum Gasteiger partial charge on any atom is 0.410 e. The lowest BCUT2D eigenvalue weighted by Gasteiger charge is -2.39. The maximum atomic E-state index is 12.5. The second-order valence-electron chi connectivity index (χ2n) is 7.77. The van der Waals surface area contributed by atoms with Gasteiger partial charge in [-0.05, 0) is 58.1 Å². The molecular weight excluding hydrogens is 370 g/mol. The van der Waals surface area contributed by atoms with Crippen molar-refractivity contribution in [2.75, 3.05) is 0 Å². The number of carbonyl (C=O) groups is 1. The third-order valence-corrected chi connectivity index (χ3v) is 5.50.